The minimum Gasteiger partial charge on any atom is -0.496 e. The van der Waals surface area contributed by atoms with Crippen LogP contribution in [0, 0.1) is 6.92 Å². The first kappa shape index (κ1) is 22.7. The third-order valence-corrected chi connectivity index (χ3v) is 6.62. The molecule has 1 fully saturated rings. The highest BCUT2D eigenvalue weighted by Gasteiger charge is 2.37. The number of benzene rings is 1. The summed E-state index contributed by atoms with van der Waals surface area (Å²) in [5.41, 5.74) is 1.42. The second-order valence-corrected chi connectivity index (χ2v) is 8.72. The van der Waals surface area contributed by atoms with Gasteiger partial charge in [-0.1, -0.05) is 6.07 Å². The first-order valence-corrected chi connectivity index (χ1v) is 11.0. The van der Waals surface area contributed by atoms with Gasteiger partial charge in [0.25, 0.3) is 0 Å². The zero-order chi connectivity index (χ0) is 22.4. The first-order chi connectivity index (χ1) is 14.8. The smallest absolute Gasteiger partial charge is 0.309 e. The highest BCUT2D eigenvalue weighted by Crippen LogP contribution is 2.26. The predicted octanol–water partition coefficient (Wildman–Crippen LogP) is 0.178. The van der Waals surface area contributed by atoms with Crippen molar-refractivity contribution in [2.75, 3.05) is 26.8 Å². The van der Waals surface area contributed by atoms with Crippen LogP contribution < -0.4 is 15.4 Å². The molecule has 10 nitrogen and oxygen atoms in total. The van der Waals surface area contributed by atoms with Gasteiger partial charge >= 0.3 is 11.8 Å². The Bertz CT molecular complexity index is 1040. The summed E-state index contributed by atoms with van der Waals surface area (Å²) >= 11 is 0. The van der Waals surface area contributed by atoms with Crippen molar-refractivity contribution in [1.29, 1.82) is 0 Å². The molecule has 0 saturated carbocycles. The number of hydrogen-bond donors (Lipinski definition) is 2. The van der Waals surface area contributed by atoms with Gasteiger partial charge in [-0.05, 0) is 42.3 Å². The Morgan fingerprint density at radius 2 is 2.03 bits per heavy atom. The van der Waals surface area contributed by atoms with Gasteiger partial charge in [0, 0.05) is 25.5 Å². The van der Waals surface area contributed by atoms with E-state index in [4.69, 9.17) is 9.47 Å². The lowest BCUT2D eigenvalue weighted by molar-refractivity contribution is -0.139. The van der Waals surface area contributed by atoms with Gasteiger partial charge in [0.1, 0.15) is 12.0 Å². The van der Waals surface area contributed by atoms with Crippen molar-refractivity contribution < 1.29 is 27.5 Å². The highest BCUT2D eigenvalue weighted by molar-refractivity contribution is 7.89. The summed E-state index contributed by atoms with van der Waals surface area (Å²) in [6.45, 7) is 2.06. The Labute approximate surface area is 180 Å². The van der Waals surface area contributed by atoms with Gasteiger partial charge in [-0.15, -0.1) is 0 Å². The Hall–Kier alpha value is -3.02. The van der Waals surface area contributed by atoms with Crippen molar-refractivity contribution in [3.8, 4) is 5.75 Å². The molecule has 1 atom stereocenters. The van der Waals surface area contributed by atoms with E-state index in [-0.39, 0.29) is 31.1 Å². The molecule has 0 bridgehead atoms. The molecule has 1 aliphatic heterocycles. The maximum Gasteiger partial charge on any atom is 0.309 e. The molecule has 2 aromatic rings. The molecule has 166 valence electrons. The predicted molar refractivity (Wildman–Crippen MR) is 110 cm³/mol. The van der Waals surface area contributed by atoms with Crippen LogP contribution in [0.3, 0.4) is 0 Å². The van der Waals surface area contributed by atoms with Crippen LogP contribution in [0.2, 0.25) is 0 Å². The third-order valence-electron chi connectivity index (χ3n) is 4.74. The quantitative estimate of drug-likeness (QED) is 0.579. The molecule has 2 heterocycles. The molecule has 1 aromatic carbocycles. The number of carbonyl (C=O) groups is 2. The topological polar surface area (TPSA) is 127 Å². The molecular weight excluding hydrogens is 424 g/mol. The van der Waals surface area contributed by atoms with E-state index in [0.29, 0.717) is 11.3 Å². The van der Waals surface area contributed by atoms with Crippen LogP contribution in [-0.4, -0.2) is 62.6 Å². The molecule has 3 rings (SSSR count). The maximum absolute atomic E-state index is 13.0. The normalized spacial score (nSPS) is 16.6. The number of hydrogen-bond acceptors (Lipinski definition) is 7. The molecule has 2 N–H and O–H groups in total. The number of carbonyl (C=O) groups excluding carboxylic acids is 2. The number of aryl methyl sites for hydroxylation is 1. The monoisotopic (exact) mass is 448 g/mol. The van der Waals surface area contributed by atoms with Crippen LogP contribution in [0.5, 0.6) is 5.75 Å². The van der Waals surface area contributed by atoms with Crippen molar-refractivity contribution in [1.82, 2.24) is 19.9 Å². The minimum atomic E-state index is -3.86. The molecule has 11 heteroatoms. The van der Waals surface area contributed by atoms with Crippen molar-refractivity contribution in [2.45, 2.75) is 24.6 Å². The summed E-state index contributed by atoms with van der Waals surface area (Å²) in [5.74, 6) is -1.13. The Morgan fingerprint density at radius 3 is 2.71 bits per heavy atom. The van der Waals surface area contributed by atoms with Gasteiger partial charge in [-0.3, -0.25) is 14.6 Å². The van der Waals surface area contributed by atoms with E-state index < -0.39 is 28.1 Å². The van der Waals surface area contributed by atoms with Gasteiger partial charge in [-0.2, -0.15) is 4.31 Å². The number of ether oxygens (including phenoxy) is 2. The van der Waals surface area contributed by atoms with Gasteiger partial charge in [0.15, 0.2) is 0 Å². The second kappa shape index (κ2) is 9.86. The first-order valence-electron chi connectivity index (χ1n) is 9.56. The van der Waals surface area contributed by atoms with E-state index in [0.717, 1.165) is 5.56 Å². The molecule has 0 unspecified atom stereocenters. The lowest BCUT2D eigenvalue weighted by Gasteiger charge is -2.23. The standard InChI is InChI=1S/C20H24N4O6S/c1-14-10-16(5-6-17(14)29-2)31(27,28)24-8-9-30-18(24)13-23-20(26)19(25)22-12-15-4-3-7-21-11-15/h3-7,10-11,18H,8-9,12-13H2,1-2H3,(H,22,25)(H,23,26)/t18-/m1/s1. The van der Waals surface area contributed by atoms with E-state index in [1.54, 1.807) is 37.5 Å². The minimum absolute atomic E-state index is 0.0989. The van der Waals surface area contributed by atoms with Gasteiger partial charge in [0.05, 0.1) is 25.2 Å². The summed E-state index contributed by atoms with van der Waals surface area (Å²) < 4.78 is 37.9. The van der Waals surface area contributed by atoms with Crippen molar-refractivity contribution in [3.63, 3.8) is 0 Å². The van der Waals surface area contributed by atoms with E-state index in [1.165, 1.54) is 23.5 Å². The summed E-state index contributed by atoms with van der Waals surface area (Å²) in [5, 5.41) is 4.91. The Balaban J connectivity index is 1.59. The Kier molecular flexibility index (Phi) is 7.21. The molecule has 0 spiro atoms. The zero-order valence-electron chi connectivity index (χ0n) is 17.2. The summed E-state index contributed by atoms with van der Waals surface area (Å²) in [6, 6.07) is 8.05. The number of rotatable bonds is 7. The van der Waals surface area contributed by atoms with E-state index >= 15 is 0 Å². The van der Waals surface area contributed by atoms with E-state index in [1.807, 2.05) is 0 Å². The van der Waals surface area contributed by atoms with Crippen molar-refractivity contribution in [3.05, 3.63) is 53.9 Å². The fourth-order valence-electron chi connectivity index (χ4n) is 3.11. The zero-order valence-corrected chi connectivity index (χ0v) is 18.0. The average molecular weight is 449 g/mol. The van der Waals surface area contributed by atoms with Crippen LogP contribution in [-0.2, 0) is 30.9 Å². The lowest BCUT2D eigenvalue weighted by Crippen LogP contribution is -2.47. The van der Waals surface area contributed by atoms with Crippen molar-refractivity contribution >= 4 is 21.8 Å². The number of methoxy groups -OCH3 is 1. The fourth-order valence-corrected chi connectivity index (χ4v) is 4.71. The third kappa shape index (κ3) is 5.37. The fraction of sp³-hybridized carbons (Fsp3) is 0.350. The second-order valence-electron chi connectivity index (χ2n) is 6.83. The molecule has 2 amide bonds. The van der Waals surface area contributed by atoms with E-state index in [9.17, 15) is 18.0 Å². The van der Waals surface area contributed by atoms with E-state index in [2.05, 4.69) is 15.6 Å². The van der Waals surface area contributed by atoms with Crippen LogP contribution in [0.1, 0.15) is 11.1 Å². The summed E-state index contributed by atoms with van der Waals surface area (Å²) in [4.78, 5) is 28.1. The molecule has 31 heavy (non-hydrogen) atoms. The largest absolute Gasteiger partial charge is 0.496 e. The van der Waals surface area contributed by atoms with Gasteiger partial charge in [0.2, 0.25) is 10.0 Å². The molecule has 1 aliphatic rings. The molecule has 0 aliphatic carbocycles. The summed E-state index contributed by atoms with van der Waals surface area (Å²) in [6.07, 6.45) is 2.27. The van der Waals surface area contributed by atoms with Crippen LogP contribution in [0.15, 0.2) is 47.6 Å². The number of pyridine rings is 1. The molecule has 1 aromatic heterocycles. The molecule has 0 radical (unpaired) electrons. The molecular formula is C20H24N4O6S. The molecule has 1 saturated heterocycles. The highest BCUT2D eigenvalue weighted by atomic mass is 32.2. The number of aromatic nitrogens is 1. The summed E-state index contributed by atoms with van der Waals surface area (Å²) in [7, 11) is -2.35. The van der Waals surface area contributed by atoms with Crippen LogP contribution in [0.4, 0.5) is 0 Å². The average Bonchev–Trinajstić information content (AvgIpc) is 3.26. The van der Waals surface area contributed by atoms with Crippen LogP contribution in [0.25, 0.3) is 0 Å². The maximum atomic E-state index is 13.0. The van der Waals surface area contributed by atoms with Gasteiger partial charge < -0.3 is 20.1 Å². The number of nitrogens with zero attached hydrogens (tertiary/aromatic N) is 2. The number of sulfonamides is 1. The van der Waals surface area contributed by atoms with Crippen molar-refractivity contribution in [2.24, 2.45) is 0 Å². The van der Waals surface area contributed by atoms with Gasteiger partial charge in [-0.25, -0.2) is 8.42 Å². The number of nitrogens with one attached hydrogen (secondary N) is 2. The van der Waals surface area contributed by atoms with Crippen LogP contribution >= 0.6 is 0 Å². The Morgan fingerprint density at radius 1 is 1.26 bits per heavy atom. The lowest BCUT2D eigenvalue weighted by atomic mass is 10.2. The number of amides is 2. The SMILES string of the molecule is COc1ccc(S(=O)(=O)N2CCO[C@@H]2CNC(=O)C(=O)NCc2cccnc2)cc1C.